The number of halogens is 2. The molecule has 1 rings (SSSR count). The Hall–Kier alpha value is -0.280. The molecule has 1 atom stereocenters. The third-order valence-electron chi connectivity index (χ3n) is 2.70. The highest BCUT2D eigenvalue weighted by Crippen LogP contribution is 2.25. The van der Waals surface area contributed by atoms with Gasteiger partial charge in [0.05, 0.1) is 15.6 Å². The maximum atomic E-state index is 10.2. The summed E-state index contributed by atoms with van der Waals surface area (Å²) < 4.78 is 0. The van der Waals surface area contributed by atoms with E-state index in [-0.39, 0.29) is 0 Å². The quantitative estimate of drug-likeness (QED) is 0.833. The zero-order chi connectivity index (χ0) is 13.8. The molecular weight excluding hydrogens is 269 g/mol. The first-order valence-corrected chi connectivity index (χ1v) is 6.93. The standard InChI is InChI=1S/C14H21Cl2NO/c1-10(2)7-14(3,18)9-17-8-11-5-4-6-12(15)13(11)16/h4-6,10,17-18H,7-9H2,1-3H3. The Morgan fingerprint density at radius 2 is 2.00 bits per heavy atom. The summed E-state index contributed by atoms with van der Waals surface area (Å²) in [6.07, 6.45) is 0.767. The molecule has 102 valence electrons. The van der Waals surface area contributed by atoms with Crippen molar-refractivity contribution >= 4 is 23.2 Å². The number of aliphatic hydroxyl groups is 1. The van der Waals surface area contributed by atoms with Gasteiger partial charge in [-0.2, -0.15) is 0 Å². The van der Waals surface area contributed by atoms with Gasteiger partial charge in [0.1, 0.15) is 0 Å². The monoisotopic (exact) mass is 289 g/mol. The molecule has 0 aliphatic heterocycles. The molecule has 0 amide bonds. The molecule has 18 heavy (non-hydrogen) atoms. The summed E-state index contributed by atoms with van der Waals surface area (Å²) in [7, 11) is 0. The summed E-state index contributed by atoms with van der Waals surface area (Å²) in [5.41, 5.74) is 0.253. The van der Waals surface area contributed by atoms with Crippen LogP contribution in [0.25, 0.3) is 0 Å². The Bertz CT molecular complexity index is 391. The molecule has 0 radical (unpaired) electrons. The molecule has 0 fully saturated rings. The van der Waals surface area contributed by atoms with Gasteiger partial charge in [-0.15, -0.1) is 0 Å². The van der Waals surface area contributed by atoms with E-state index in [4.69, 9.17) is 23.2 Å². The van der Waals surface area contributed by atoms with E-state index in [9.17, 15) is 5.11 Å². The van der Waals surface area contributed by atoms with Crippen LogP contribution < -0.4 is 5.32 Å². The van der Waals surface area contributed by atoms with E-state index in [1.807, 2.05) is 19.1 Å². The fraction of sp³-hybridized carbons (Fsp3) is 0.571. The van der Waals surface area contributed by atoms with Crippen LogP contribution in [0, 0.1) is 5.92 Å². The highest BCUT2D eigenvalue weighted by Gasteiger charge is 2.21. The lowest BCUT2D eigenvalue weighted by molar-refractivity contribution is 0.0383. The van der Waals surface area contributed by atoms with E-state index in [1.54, 1.807) is 6.07 Å². The van der Waals surface area contributed by atoms with Crippen LogP contribution in [-0.2, 0) is 6.54 Å². The van der Waals surface area contributed by atoms with Crippen LogP contribution in [-0.4, -0.2) is 17.3 Å². The lowest BCUT2D eigenvalue weighted by Crippen LogP contribution is -2.38. The third-order valence-corrected chi connectivity index (χ3v) is 3.56. The average Bonchev–Trinajstić information content (AvgIpc) is 2.22. The minimum atomic E-state index is -0.695. The second-order valence-corrected chi connectivity index (χ2v) is 6.20. The number of nitrogens with one attached hydrogen (secondary N) is 1. The van der Waals surface area contributed by atoms with Gasteiger partial charge in [0.25, 0.3) is 0 Å². The van der Waals surface area contributed by atoms with Crippen LogP contribution in [0.1, 0.15) is 32.8 Å². The van der Waals surface area contributed by atoms with Crippen molar-refractivity contribution < 1.29 is 5.11 Å². The third kappa shape index (κ3) is 5.15. The topological polar surface area (TPSA) is 32.3 Å². The molecule has 1 unspecified atom stereocenters. The smallest absolute Gasteiger partial charge is 0.0746 e. The molecule has 0 aliphatic carbocycles. The Kier molecular flexibility index (Phi) is 5.93. The molecule has 2 nitrogen and oxygen atoms in total. The Balaban J connectivity index is 2.49. The number of hydrogen-bond acceptors (Lipinski definition) is 2. The zero-order valence-corrected chi connectivity index (χ0v) is 12.6. The molecule has 0 aromatic heterocycles. The average molecular weight is 290 g/mol. The molecule has 0 saturated carbocycles. The second-order valence-electron chi connectivity index (χ2n) is 5.41. The number of benzene rings is 1. The summed E-state index contributed by atoms with van der Waals surface area (Å²) in [4.78, 5) is 0. The molecule has 1 aromatic rings. The van der Waals surface area contributed by atoms with Gasteiger partial charge in [0.2, 0.25) is 0 Å². The number of hydrogen-bond donors (Lipinski definition) is 2. The lowest BCUT2D eigenvalue weighted by Gasteiger charge is -2.25. The van der Waals surface area contributed by atoms with E-state index in [2.05, 4.69) is 19.2 Å². The van der Waals surface area contributed by atoms with Gasteiger partial charge in [0, 0.05) is 13.1 Å². The fourth-order valence-corrected chi connectivity index (χ4v) is 2.49. The first-order chi connectivity index (χ1) is 8.32. The SMILES string of the molecule is CC(C)CC(C)(O)CNCc1cccc(Cl)c1Cl. The minimum Gasteiger partial charge on any atom is -0.389 e. The molecule has 0 aliphatic rings. The molecule has 4 heteroatoms. The largest absolute Gasteiger partial charge is 0.389 e. The van der Waals surface area contributed by atoms with Crippen LogP contribution in [0.3, 0.4) is 0 Å². The Labute approximate surface area is 119 Å². The van der Waals surface area contributed by atoms with Crippen molar-refractivity contribution in [3.63, 3.8) is 0 Å². The van der Waals surface area contributed by atoms with Gasteiger partial charge in [-0.3, -0.25) is 0 Å². The van der Waals surface area contributed by atoms with Gasteiger partial charge in [-0.25, -0.2) is 0 Å². The molecule has 0 saturated heterocycles. The van der Waals surface area contributed by atoms with Gasteiger partial charge in [-0.05, 0) is 30.9 Å². The first-order valence-electron chi connectivity index (χ1n) is 6.18. The highest BCUT2D eigenvalue weighted by molar-refractivity contribution is 6.42. The van der Waals surface area contributed by atoms with Crippen molar-refractivity contribution in [2.75, 3.05) is 6.54 Å². The number of rotatable bonds is 6. The van der Waals surface area contributed by atoms with Crippen molar-refractivity contribution in [3.05, 3.63) is 33.8 Å². The molecule has 0 heterocycles. The van der Waals surface area contributed by atoms with Crippen molar-refractivity contribution in [2.45, 2.75) is 39.3 Å². The van der Waals surface area contributed by atoms with E-state index < -0.39 is 5.60 Å². The van der Waals surface area contributed by atoms with Crippen molar-refractivity contribution in [2.24, 2.45) is 5.92 Å². The van der Waals surface area contributed by atoms with Crippen LogP contribution in [0.4, 0.5) is 0 Å². The molecule has 2 N–H and O–H groups in total. The Morgan fingerprint density at radius 1 is 1.33 bits per heavy atom. The van der Waals surface area contributed by atoms with Gasteiger partial charge >= 0.3 is 0 Å². The van der Waals surface area contributed by atoms with E-state index in [0.717, 1.165) is 12.0 Å². The van der Waals surface area contributed by atoms with Crippen molar-refractivity contribution in [1.82, 2.24) is 5.32 Å². The summed E-state index contributed by atoms with van der Waals surface area (Å²) in [6.45, 7) is 7.19. The Morgan fingerprint density at radius 3 is 2.61 bits per heavy atom. The van der Waals surface area contributed by atoms with E-state index >= 15 is 0 Å². The van der Waals surface area contributed by atoms with Crippen LogP contribution in [0.15, 0.2) is 18.2 Å². The van der Waals surface area contributed by atoms with Gasteiger partial charge < -0.3 is 10.4 Å². The maximum Gasteiger partial charge on any atom is 0.0746 e. The van der Waals surface area contributed by atoms with Gasteiger partial charge in [-0.1, -0.05) is 49.2 Å². The predicted octanol–water partition coefficient (Wildman–Crippen LogP) is 3.88. The molecular formula is C14H21Cl2NO. The molecule has 1 aromatic carbocycles. The minimum absolute atomic E-state index is 0.469. The van der Waals surface area contributed by atoms with Crippen molar-refractivity contribution in [3.8, 4) is 0 Å². The van der Waals surface area contributed by atoms with Gasteiger partial charge in [0.15, 0.2) is 0 Å². The van der Waals surface area contributed by atoms with E-state index in [0.29, 0.717) is 29.1 Å². The summed E-state index contributed by atoms with van der Waals surface area (Å²) in [6, 6.07) is 5.57. The lowest BCUT2D eigenvalue weighted by atomic mass is 9.94. The summed E-state index contributed by atoms with van der Waals surface area (Å²) >= 11 is 12.0. The van der Waals surface area contributed by atoms with Crippen LogP contribution in [0.5, 0.6) is 0 Å². The first kappa shape index (κ1) is 15.8. The fourth-order valence-electron chi connectivity index (χ4n) is 2.10. The normalized spacial score (nSPS) is 14.8. The second kappa shape index (κ2) is 6.76. The molecule has 0 bridgehead atoms. The molecule has 0 spiro atoms. The summed E-state index contributed by atoms with van der Waals surface area (Å²) in [5.74, 6) is 0.469. The zero-order valence-electron chi connectivity index (χ0n) is 11.1. The predicted molar refractivity (Wildman–Crippen MR) is 78.2 cm³/mol. The summed E-state index contributed by atoms with van der Waals surface area (Å²) in [5, 5.41) is 14.5. The van der Waals surface area contributed by atoms with Crippen LogP contribution in [0.2, 0.25) is 10.0 Å². The van der Waals surface area contributed by atoms with Crippen molar-refractivity contribution in [1.29, 1.82) is 0 Å². The maximum absolute atomic E-state index is 10.2. The highest BCUT2D eigenvalue weighted by atomic mass is 35.5. The van der Waals surface area contributed by atoms with E-state index in [1.165, 1.54) is 0 Å². The van der Waals surface area contributed by atoms with Crippen LogP contribution >= 0.6 is 23.2 Å².